The van der Waals surface area contributed by atoms with Crippen molar-refractivity contribution in [1.29, 1.82) is 0 Å². The SMILES string of the molecule is COc1ccccc1Cc1cnc([C@@H]2CCCN(C(=O)CNC(C)=O)C2)o1. The average molecular weight is 371 g/mol. The number of para-hydroxylation sites is 1. The van der Waals surface area contributed by atoms with Crippen LogP contribution in [0.25, 0.3) is 0 Å². The van der Waals surface area contributed by atoms with Crippen LogP contribution < -0.4 is 10.1 Å². The summed E-state index contributed by atoms with van der Waals surface area (Å²) in [6, 6.07) is 7.83. The van der Waals surface area contributed by atoms with Gasteiger partial charge in [0.05, 0.1) is 25.8 Å². The van der Waals surface area contributed by atoms with Crippen LogP contribution in [0.5, 0.6) is 5.75 Å². The summed E-state index contributed by atoms with van der Waals surface area (Å²) < 4.78 is 11.4. The maximum Gasteiger partial charge on any atom is 0.241 e. The van der Waals surface area contributed by atoms with Gasteiger partial charge in [-0.3, -0.25) is 9.59 Å². The highest BCUT2D eigenvalue weighted by Gasteiger charge is 2.27. The van der Waals surface area contributed by atoms with Gasteiger partial charge in [0.15, 0.2) is 5.89 Å². The van der Waals surface area contributed by atoms with Gasteiger partial charge >= 0.3 is 0 Å². The highest BCUT2D eigenvalue weighted by Crippen LogP contribution is 2.28. The molecule has 2 aromatic rings. The van der Waals surface area contributed by atoms with Crippen LogP contribution in [0.15, 0.2) is 34.9 Å². The maximum absolute atomic E-state index is 12.2. The molecule has 1 aromatic heterocycles. The second-order valence-electron chi connectivity index (χ2n) is 6.74. The monoisotopic (exact) mass is 371 g/mol. The van der Waals surface area contributed by atoms with Crippen molar-refractivity contribution in [2.24, 2.45) is 0 Å². The predicted molar refractivity (Wildman–Crippen MR) is 99.5 cm³/mol. The summed E-state index contributed by atoms with van der Waals surface area (Å²) in [7, 11) is 1.65. The zero-order valence-electron chi connectivity index (χ0n) is 15.7. The van der Waals surface area contributed by atoms with E-state index in [1.54, 1.807) is 18.2 Å². The topological polar surface area (TPSA) is 84.7 Å². The zero-order chi connectivity index (χ0) is 19.2. The molecule has 0 saturated carbocycles. The molecule has 3 rings (SSSR count). The second kappa shape index (κ2) is 8.70. The molecule has 1 saturated heterocycles. The number of benzene rings is 1. The Morgan fingerprint density at radius 3 is 2.96 bits per heavy atom. The molecule has 144 valence electrons. The number of carbonyl (C=O) groups excluding carboxylic acids is 2. The van der Waals surface area contributed by atoms with Crippen LogP contribution in [-0.4, -0.2) is 48.4 Å². The van der Waals surface area contributed by atoms with Gasteiger partial charge < -0.3 is 19.4 Å². The van der Waals surface area contributed by atoms with Crippen LogP contribution in [0.2, 0.25) is 0 Å². The van der Waals surface area contributed by atoms with Crippen LogP contribution in [0.1, 0.15) is 42.9 Å². The van der Waals surface area contributed by atoms with E-state index in [-0.39, 0.29) is 24.3 Å². The molecule has 2 amide bonds. The van der Waals surface area contributed by atoms with E-state index in [1.807, 2.05) is 24.3 Å². The number of carbonyl (C=O) groups is 2. The largest absolute Gasteiger partial charge is 0.496 e. The number of nitrogens with zero attached hydrogens (tertiary/aromatic N) is 2. The fourth-order valence-corrected chi connectivity index (χ4v) is 3.35. The van der Waals surface area contributed by atoms with Crippen LogP contribution in [0, 0.1) is 0 Å². The number of amides is 2. The van der Waals surface area contributed by atoms with Gasteiger partial charge in [0.2, 0.25) is 11.8 Å². The van der Waals surface area contributed by atoms with Crippen LogP contribution >= 0.6 is 0 Å². The van der Waals surface area contributed by atoms with Crippen LogP contribution in [-0.2, 0) is 16.0 Å². The molecule has 1 aliphatic rings. The number of ether oxygens (including phenoxy) is 1. The minimum absolute atomic E-state index is 0.0344. The van der Waals surface area contributed by atoms with Crippen molar-refractivity contribution in [2.75, 3.05) is 26.7 Å². The third-order valence-electron chi connectivity index (χ3n) is 4.74. The van der Waals surface area contributed by atoms with E-state index in [0.29, 0.717) is 25.4 Å². The van der Waals surface area contributed by atoms with Gasteiger partial charge in [-0.25, -0.2) is 4.98 Å². The Morgan fingerprint density at radius 2 is 2.19 bits per heavy atom. The first-order valence-corrected chi connectivity index (χ1v) is 9.15. The van der Waals surface area contributed by atoms with Crippen LogP contribution in [0.3, 0.4) is 0 Å². The van der Waals surface area contributed by atoms with E-state index in [2.05, 4.69) is 10.3 Å². The van der Waals surface area contributed by atoms with Gasteiger partial charge in [-0.05, 0) is 18.9 Å². The summed E-state index contributed by atoms with van der Waals surface area (Å²) >= 11 is 0. The Kier molecular flexibility index (Phi) is 6.11. The normalized spacial score (nSPS) is 16.8. The first-order valence-electron chi connectivity index (χ1n) is 9.15. The Labute approximate surface area is 158 Å². The number of likely N-dealkylation sites (tertiary alicyclic amines) is 1. The minimum atomic E-state index is -0.203. The number of oxazole rings is 1. The lowest BCUT2D eigenvalue weighted by molar-refractivity contribution is -0.133. The third-order valence-corrected chi connectivity index (χ3v) is 4.74. The van der Waals surface area contributed by atoms with Crippen molar-refractivity contribution in [3.8, 4) is 5.75 Å². The molecule has 0 spiro atoms. The molecule has 0 unspecified atom stereocenters. The van der Waals surface area contributed by atoms with Gasteiger partial charge in [-0.2, -0.15) is 0 Å². The lowest BCUT2D eigenvalue weighted by Crippen LogP contribution is -2.44. The molecule has 0 radical (unpaired) electrons. The number of piperidine rings is 1. The molecule has 2 heterocycles. The van der Waals surface area contributed by atoms with Crippen molar-refractivity contribution in [2.45, 2.75) is 32.1 Å². The molecule has 1 atom stereocenters. The average Bonchev–Trinajstić information content (AvgIpc) is 3.15. The van der Waals surface area contributed by atoms with E-state index in [0.717, 1.165) is 29.9 Å². The molecule has 1 N–H and O–H groups in total. The molecular weight excluding hydrogens is 346 g/mol. The molecule has 0 bridgehead atoms. The van der Waals surface area contributed by atoms with Crippen molar-refractivity contribution in [3.05, 3.63) is 47.7 Å². The quantitative estimate of drug-likeness (QED) is 0.841. The molecular formula is C20H25N3O4. The molecule has 1 aliphatic heterocycles. The fourth-order valence-electron chi connectivity index (χ4n) is 3.35. The van der Waals surface area contributed by atoms with Gasteiger partial charge in [-0.15, -0.1) is 0 Å². The first kappa shape index (κ1) is 18.9. The van der Waals surface area contributed by atoms with Crippen molar-refractivity contribution >= 4 is 11.8 Å². The summed E-state index contributed by atoms with van der Waals surface area (Å²) in [6.45, 7) is 2.70. The standard InChI is InChI=1S/C20H25N3O4/c1-14(24)21-12-19(25)23-9-5-7-16(13-23)20-22-11-17(27-20)10-15-6-3-4-8-18(15)26-2/h3-4,6,8,11,16H,5,7,9-10,12-13H2,1-2H3,(H,21,24)/t16-/m1/s1. The summed E-state index contributed by atoms with van der Waals surface area (Å²) in [4.78, 5) is 29.5. The van der Waals surface area contributed by atoms with Crippen molar-refractivity contribution < 1.29 is 18.7 Å². The van der Waals surface area contributed by atoms with Crippen molar-refractivity contribution in [3.63, 3.8) is 0 Å². The molecule has 1 aromatic carbocycles. The van der Waals surface area contributed by atoms with E-state index < -0.39 is 0 Å². The summed E-state index contributed by atoms with van der Waals surface area (Å²) in [5, 5.41) is 2.56. The molecule has 7 nitrogen and oxygen atoms in total. The fraction of sp³-hybridized carbons (Fsp3) is 0.450. The molecule has 27 heavy (non-hydrogen) atoms. The van der Waals surface area contributed by atoms with Gasteiger partial charge in [-0.1, -0.05) is 18.2 Å². The highest BCUT2D eigenvalue weighted by atomic mass is 16.5. The number of rotatable bonds is 6. The van der Waals surface area contributed by atoms with Gasteiger partial charge in [0, 0.05) is 32.0 Å². The molecule has 7 heteroatoms. The lowest BCUT2D eigenvalue weighted by atomic mass is 9.98. The number of nitrogens with one attached hydrogen (secondary N) is 1. The van der Waals surface area contributed by atoms with E-state index in [9.17, 15) is 9.59 Å². The Balaban J connectivity index is 1.63. The third kappa shape index (κ3) is 4.87. The maximum atomic E-state index is 12.2. The number of methoxy groups -OCH3 is 1. The van der Waals surface area contributed by atoms with Gasteiger partial charge in [0.1, 0.15) is 11.5 Å². The minimum Gasteiger partial charge on any atom is -0.496 e. The second-order valence-corrected chi connectivity index (χ2v) is 6.74. The molecule has 1 fully saturated rings. The Hall–Kier alpha value is -2.83. The highest BCUT2D eigenvalue weighted by molar-refractivity contribution is 5.83. The molecule has 0 aliphatic carbocycles. The van der Waals surface area contributed by atoms with E-state index >= 15 is 0 Å². The Morgan fingerprint density at radius 1 is 1.37 bits per heavy atom. The number of aromatic nitrogens is 1. The summed E-state index contributed by atoms with van der Waals surface area (Å²) in [5.74, 6) is 2.06. The van der Waals surface area contributed by atoms with Crippen molar-refractivity contribution in [1.82, 2.24) is 15.2 Å². The first-order chi connectivity index (χ1) is 13.1. The number of hydrogen-bond acceptors (Lipinski definition) is 5. The Bertz CT molecular complexity index is 802. The lowest BCUT2D eigenvalue weighted by Gasteiger charge is -2.31. The summed E-state index contributed by atoms with van der Waals surface area (Å²) in [6.07, 6.45) is 4.17. The van der Waals surface area contributed by atoms with E-state index in [1.165, 1.54) is 6.92 Å². The van der Waals surface area contributed by atoms with E-state index in [4.69, 9.17) is 9.15 Å². The van der Waals surface area contributed by atoms with Crippen LogP contribution in [0.4, 0.5) is 0 Å². The number of hydrogen-bond donors (Lipinski definition) is 1. The predicted octanol–water partition coefficient (Wildman–Crippen LogP) is 2.12. The zero-order valence-corrected chi connectivity index (χ0v) is 15.7. The summed E-state index contributed by atoms with van der Waals surface area (Å²) in [5.41, 5.74) is 1.04. The van der Waals surface area contributed by atoms with Gasteiger partial charge in [0.25, 0.3) is 0 Å². The smallest absolute Gasteiger partial charge is 0.241 e.